The van der Waals surface area contributed by atoms with Crippen molar-refractivity contribution in [2.75, 3.05) is 37.6 Å². The Kier molecular flexibility index (Phi) is 6.69. The van der Waals surface area contributed by atoms with Crippen LogP contribution in [0.4, 0.5) is 5.69 Å². The van der Waals surface area contributed by atoms with E-state index in [9.17, 15) is 13.2 Å². The van der Waals surface area contributed by atoms with E-state index in [0.29, 0.717) is 25.2 Å². The summed E-state index contributed by atoms with van der Waals surface area (Å²) in [5, 5.41) is 1.70. The number of hydrogen-bond acceptors (Lipinski definition) is 5. The number of rotatable bonds is 4. The maximum Gasteiger partial charge on any atom is 0.254 e. The molecule has 0 saturated carbocycles. The van der Waals surface area contributed by atoms with Crippen molar-refractivity contribution in [1.29, 1.82) is 0 Å². The van der Waals surface area contributed by atoms with Crippen molar-refractivity contribution in [3.63, 3.8) is 0 Å². The van der Waals surface area contributed by atoms with Crippen LogP contribution in [0.3, 0.4) is 0 Å². The van der Waals surface area contributed by atoms with Crippen molar-refractivity contribution in [3.05, 3.63) is 46.8 Å². The van der Waals surface area contributed by atoms with Crippen LogP contribution in [0.15, 0.2) is 39.9 Å². The second kappa shape index (κ2) is 9.30. The zero-order chi connectivity index (χ0) is 22.0. The summed E-state index contributed by atoms with van der Waals surface area (Å²) in [7, 11) is -3.60. The van der Waals surface area contributed by atoms with Gasteiger partial charge >= 0.3 is 0 Å². The number of benzene rings is 1. The molecule has 0 spiro atoms. The van der Waals surface area contributed by atoms with Crippen molar-refractivity contribution >= 4 is 33.0 Å². The van der Waals surface area contributed by atoms with Crippen molar-refractivity contribution in [3.8, 4) is 0 Å². The lowest BCUT2D eigenvalue weighted by Crippen LogP contribution is -2.53. The van der Waals surface area contributed by atoms with Crippen LogP contribution in [0, 0.1) is 6.92 Å². The number of anilines is 1. The van der Waals surface area contributed by atoms with Gasteiger partial charge in [0.2, 0.25) is 0 Å². The lowest BCUT2D eigenvalue weighted by atomic mass is 10.1. The monoisotopic (exact) mass is 461 g/mol. The Morgan fingerprint density at radius 1 is 1.03 bits per heavy atom. The molecule has 0 aliphatic carbocycles. The van der Waals surface area contributed by atoms with Gasteiger partial charge < -0.3 is 9.80 Å². The molecule has 8 heteroatoms. The SMILES string of the molecule is Cc1cccc(N2CCN(S(=O)(=O)c3cc(C(=O)N4CCCCCC4)cs3)CC2C)c1. The van der Waals surface area contributed by atoms with E-state index >= 15 is 0 Å². The van der Waals surface area contributed by atoms with Crippen LogP contribution in [0.5, 0.6) is 0 Å². The van der Waals surface area contributed by atoms with Crippen LogP contribution in [-0.2, 0) is 10.0 Å². The quantitative estimate of drug-likeness (QED) is 0.691. The molecule has 2 fully saturated rings. The molecule has 1 atom stereocenters. The normalized spacial score (nSPS) is 21.2. The van der Waals surface area contributed by atoms with Crippen LogP contribution < -0.4 is 4.90 Å². The van der Waals surface area contributed by atoms with Crippen molar-refractivity contribution in [1.82, 2.24) is 9.21 Å². The molecule has 31 heavy (non-hydrogen) atoms. The molecule has 2 aliphatic heterocycles. The minimum Gasteiger partial charge on any atom is -0.366 e. The van der Waals surface area contributed by atoms with Gasteiger partial charge in [0, 0.05) is 49.8 Å². The molecule has 2 aromatic rings. The van der Waals surface area contributed by atoms with Crippen molar-refractivity contribution in [2.24, 2.45) is 0 Å². The third-order valence-corrected chi connectivity index (χ3v) is 9.51. The highest BCUT2D eigenvalue weighted by Gasteiger charge is 2.34. The highest BCUT2D eigenvalue weighted by Crippen LogP contribution is 2.29. The first kappa shape index (κ1) is 22.3. The molecular weight excluding hydrogens is 430 g/mol. The van der Waals surface area contributed by atoms with Crippen LogP contribution in [0.2, 0.25) is 0 Å². The lowest BCUT2D eigenvalue weighted by Gasteiger charge is -2.40. The fourth-order valence-electron chi connectivity index (χ4n) is 4.48. The van der Waals surface area contributed by atoms with Gasteiger partial charge in [-0.3, -0.25) is 4.79 Å². The molecule has 2 saturated heterocycles. The first-order valence-corrected chi connectivity index (χ1v) is 13.4. The highest BCUT2D eigenvalue weighted by atomic mass is 32.2. The number of piperazine rings is 1. The molecule has 1 aromatic heterocycles. The molecular formula is C23H31N3O3S2. The van der Waals surface area contributed by atoms with Gasteiger partial charge in [0.25, 0.3) is 15.9 Å². The summed E-state index contributed by atoms with van der Waals surface area (Å²) in [4.78, 5) is 17.0. The molecule has 168 valence electrons. The molecule has 6 nitrogen and oxygen atoms in total. The zero-order valence-electron chi connectivity index (χ0n) is 18.3. The number of likely N-dealkylation sites (tertiary alicyclic amines) is 1. The van der Waals surface area contributed by atoms with Gasteiger partial charge in [-0.15, -0.1) is 11.3 Å². The predicted octanol–water partition coefficient (Wildman–Crippen LogP) is 3.97. The number of nitrogens with zero attached hydrogens (tertiary/aromatic N) is 3. The van der Waals surface area contributed by atoms with E-state index in [4.69, 9.17) is 0 Å². The van der Waals surface area contributed by atoms with Gasteiger partial charge in [0.15, 0.2) is 0 Å². The fourth-order valence-corrected chi connectivity index (χ4v) is 7.30. The van der Waals surface area contributed by atoms with E-state index in [1.807, 2.05) is 11.0 Å². The first-order valence-electron chi connectivity index (χ1n) is 11.1. The Balaban J connectivity index is 1.46. The largest absolute Gasteiger partial charge is 0.366 e. The number of aryl methyl sites for hydroxylation is 1. The van der Waals surface area contributed by atoms with Crippen LogP contribution in [-0.4, -0.2) is 62.3 Å². The summed E-state index contributed by atoms with van der Waals surface area (Å²) in [6.45, 7) is 7.17. The Morgan fingerprint density at radius 3 is 2.45 bits per heavy atom. The van der Waals surface area contributed by atoms with Gasteiger partial charge in [-0.05, 0) is 50.5 Å². The second-order valence-electron chi connectivity index (χ2n) is 8.61. The summed E-state index contributed by atoms with van der Waals surface area (Å²) >= 11 is 1.16. The Hall–Kier alpha value is -1.90. The average Bonchev–Trinajstić information content (AvgIpc) is 3.10. The standard InChI is InChI=1S/C23H31N3O3S2/c1-18-8-7-9-21(14-18)26-13-12-25(16-19(26)2)31(28,29)22-15-20(17-30-22)23(27)24-10-5-3-4-6-11-24/h7-9,14-15,17,19H,3-6,10-13,16H2,1-2H3. The van der Waals surface area contributed by atoms with Crippen LogP contribution >= 0.6 is 11.3 Å². The minimum absolute atomic E-state index is 0.0442. The summed E-state index contributed by atoms with van der Waals surface area (Å²) < 4.78 is 28.4. The van der Waals surface area contributed by atoms with E-state index < -0.39 is 10.0 Å². The summed E-state index contributed by atoms with van der Waals surface area (Å²) in [5.74, 6) is -0.0442. The Labute approximate surface area is 189 Å². The van der Waals surface area contributed by atoms with Gasteiger partial charge in [-0.1, -0.05) is 25.0 Å². The fraction of sp³-hybridized carbons (Fsp3) is 0.522. The van der Waals surface area contributed by atoms with Gasteiger partial charge in [0.05, 0.1) is 5.56 Å². The lowest BCUT2D eigenvalue weighted by molar-refractivity contribution is 0.0762. The van der Waals surface area contributed by atoms with Gasteiger partial charge in [-0.2, -0.15) is 4.31 Å². The summed E-state index contributed by atoms with van der Waals surface area (Å²) in [5.41, 5.74) is 2.82. The molecule has 1 amide bonds. The summed E-state index contributed by atoms with van der Waals surface area (Å²) in [6, 6.07) is 9.97. The number of sulfonamides is 1. The molecule has 0 radical (unpaired) electrons. The zero-order valence-corrected chi connectivity index (χ0v) is 19.9. The number of amides is 1. The van der Waals surface area contributed by atoms with Gasteiger partial charge in [-0.25, -0.2) is 8.42 Å². The third-order valence-electron chi connectivity index (χ3n) is 6.23. The molecule has 2 aliphatic rings. The summed E-state index contributed by atoms with van der Waals surface area (Å²) in [6.07, 6.45) is 4.34. The molecule has 1 aromatic carbocycles. The molecule has 1 unspecified atom stereocenters. The van der Waals surface area contributed by atoms with Gasteiger partial charge in [0.1, 0.15) is 4.21 Å². The highest BCUT2D eigenvalue weighted by molar-refractivity contribution is 7.91. The van der Waals surface area contributed by atoms with E-state index in [1.165, 1.54) is 5.56 Å². The van der Waals surface area contributed by atoms with E-state index in [2.05, 4.69) is 36.9 Å². The number of carbonyl (C=O) groups excluding carboxylic acids is 1. The predicted molar refractivity (Wildman–Crippen MR) is 125 cm³/mol. The molecule has 3 heterocycles. The number of hydrogen-bond donors (Lipinski definition) is 0. The number of thiophene rings is 1. The van der Waals surface area contributed by atoms with E-state index in [0.717, 1.165) is 55.8 Å². The molecule has 0 N–H and O–H groups in total. The Morgan fingerprint density at radius 2 is 1.77 bits per heavy atom. The smallest absolute Gasteiger partial charge is 0.254 e. The van der Waals surface area contributed by atoms with Crippen molar-refractivity contribution in [2.45, 2.75) is 49.8 Å². The first-order chi connectivity index (χ1) is 14.9. The van der Waals surface area contributed by atoms with E-state index in [-0.39, 0.29) is 16.2 Å². The Bertz CT molecular complexity index is 1030. The molecule has 4 rings (SSSR count). The maximum atomic E-state index is 13.3. The van der Waals surface area contributed by atoms with Crippen LogP contribution in [0.1, 0.15) is 48.5 Å². The maximum absolute atomic E-state index is 13.3. The second-order valence-corrected chi connectivity index (χ2v) is 11.7. The van der Waals surface area contributed by atoms with E-state index in [1.54, 1.807) is 15.8 Å². The molecule has 0 bridgehead atoms. The topological polar surface area (TPSA) is 60.9 Å². The average molecular weight is 462 g/mol. The van der Waals surface area contributed by atoms with Crippen LogP contribution in [0.25, 0.3) is 0 Å². The minimum atomic E-state index is -3.60. The third kappa shape index (κ3) is 4.81. The van der Waals surface area contributed by atoms with Crippen molar-refractivity contribution < 1.29 is 13.2 Å². The number of carbonyl (C=O) groups is 1.